The fourth-order valence-corrected chi connectivity index (χ4v) is 2.69. The van der Waals surface area contributed by atoms with Gasteiger partial charge >= 0.3 is 5.97 Å². The Bertz CT molecular complexity index is 202. The summed E-state index contributed by atoms with van der Waals surface area (Å²) in [4.78, 5) is 21.4. The number of hydrogen-bond donors (Lipinski definition) is 1. The lowest BCUT2D eigenvalue weighted by Crippen LogP contribution is -2.20. The molecule has 0 aromatic heterocycles. The summed E-state index contributed by atoms with van der Waals surface area (Å²) in [5.74, 6) is -1.06. The highest BCUT2D eigenvalue weighted by molar-refractivity contribution is 8.14. The standard InChI is InChI=1S/C8H12O3S/c1-5(9)12-7-4-2-3-6(7)8(10)11/h6-7H,2-4H2,1H3,(H,10,11)/t6-,7-/m1/s1. The van der Waals surface area contributed by atoms with Crippen molar-refractivity contribution in [3.63, 3.8) is 0 Å². The summed E-state index contributed by atoms with van der Waals surface area (Å²) < 4.78 is 0. The largest absolute Gasteiger partial charge is 0.481 e. The third-order valence-corrected chi connectivity index (χ3v) is 3.29. The maximum absolute atomic E-state index is 10.7. The van der Waals surface area contributed by atoms with Crippen LogP contribution in [0.1, 0.15) is 26.2 Å². The molecule has 1 aliphatic carbocycles. The Morgan fingerprint density at radius 1 is 1.42 bits per heavy atom. The number of carboxylic acids is 1. The maximum Gasteiger partial charge on any atom is 0.307 e. The number of aliphatic carboxylic acids is 1. The van der Waals surface area contributed by atoms with Crippen LogP contribution in [-0.2, 0) is 9.59 Å². The zero-order chi connectivity index (χ0) is 9.14. The summed E-state index contributed by atoms with van der Waals surface area (Å²) in [5, 5.41) is 8.81. The monoisotopic (exact) mass is 188 g/mol. The van der Waals surface area contributed by atoms with E-state index in [-0.39, 0.29) is 16.3 Å². The van der Waals surface area contributed by atoms with Crippen LogP contribution in [0.2, 0.25) is 0 Å². The molecule has 0 amide bonds. The van der Waals surface area contributed by atoms with E-state index >= 15 is 0 Å². The molecule has 0 spiro atoms. The predicted octanol–water partition coefficient (Wildman–Crippen LogP) is 1.52. The van der Waals surface area contributed by atoms with Crippen molar-refractivity contribution in [1.82, 2.24) is 0 Å². The molecule has 0 saturated heterocycles. The van der Waals surface area contributed by atoms with E-state index in [1.807, 2.05) is 0 Å². The van der Waals surface area contributed by atoms with E-state index in [4.69, 9.17) is 5.11 Å². The first kappa shape index (κ1) is 9.58. The Labute approximate surface area is 75.5 Å². The topological polar surface area (TPSA) is 54.4 Å². The summed E-state index contributed by atoms with van der Waals surface area (Å²) in [6.45, 7) is 1.49. The lowest BCUT2D eigenvalue weighted by molar-refractivity contribution is -0.141. The van der Waals surface area contributed by atoms with E-state index < -0.39 is 5.97 Å². The first-order chi connectivity index (χ1) is 5.61. The van der Waals surface area contributed by atoms with Crippen LogP contribution >= 0.6 is 11.8 Å². The van der Waals surface area contributed by atoms with E-state index in [2.05, 4.69) is 0 Å². The van der Waals surface area contributed by atoms with Gasteiger partial charge in [0, 0.05) is 12.2 Å². The van der Waals surface area contributed by atoms with Crippen LogP contribution in [0.4, 0.5) is 0 Å². The molecule has 0 radical (unpaired) electrons. The molecule has 0 aromatic carbocycles. The van der Waals surface area contributed by atoms with Gasteiger partial charge in [-0.2, -0.15) is 0 Å². The minimum absolute atomic E-state index is 0.0139. The van der Waals surface area contributed by atoms with Gasteiger partial charge < -0.3 is 5.11 Å². The van der Waals surface area contributed by atoms with Crippen molar-refractivity contribution in [2.24, 2.45) is 5.92 Å². The molecule has 3 nitrogen and oxygen atoms in total. The highest BCUT2D eigenvalue weighted by Gasteiger charge is 2.33. The fourth-order valence-electron chi connectivity index (χ4n) is 1.56. The minimum Gasteiger partial charge on any atom is -0.481 e. The molecule has 1 N–H and O–H groups in total. The average Bonchev–Trinajstić information content (AvgIpc) is 2.33. The van der Waals surface area contributed by atoms with Gasteiger partial charge in [0.15, 0.2) is 5.12 Å². The van der Waals surface area contributed by atoms with Gasteiger partial charge in [-0.15, -0.1) is 0 Å². The summed E-state index contributed by atoms with van der Waals surface area (Å²) in [5.41, 5.74) is 0. The van der Waals surface area contributed by atoms with E-state index in [1.54, 1.807) is 0 Å². The summed E-state index contributed by atoms with van der Waals surface area (Å²) in [6, 6.07) is 0. The van der Waals surface area contributed by atoms with Gasteiger partial charge in [0.1, 0.15) is 0 Å². The van der Waals surface area contributed by atoms with Gasteiger partial charge in [0.2, 0.25) is 0 Å². The molecule has 0 heterocycles. The van der Waals surface area contributed by atoms with Gasteiger partial charge in [-0.05, 0) is 12.8 Å². The van der Waals surface area contributed by atoms with Crippen LogP contribution in [0.5, 0.6) is 0 Å². The van der Waals surface area contributed by atoms with Crippen LogP contribution < -0.4 is 0 Å². The SMILES string of the molecule is CC(=O)S[C@@H]1CCC[C@H]1C(=O)O. The Morgan fingerprint density at radius 2 is 2.08 bits per heavy atom. The van der Waals surface area contributed by atoms with E-state index in [1.165, 1.54) is 18.7 Å². The molecular weight excluding hydrogens is 176 g/mol. The molecule has 1 rings (SSSR count). The van der Waals surface area contributed by atoms with Crippen LogP contribution in [0.15, 0.2) is 0 Å². The van der Waals surface area contributed by atoms with Crippen LogP contribution in [0.25, 0.3) is 0 Å². The van der Waals surface area contributed by atoms with Crippen molar-refractivity contribution in [2.75, 3.05) is 0 Å². The van der Waals surface area contributed by atoms with Crippen LogP contribution in [0, 0.1) is 5.92 Å². The lowest BCUT2D eigenvalue weighted by atomic mass is 10.1. The van der Waals surface area contributed by atoms with Crippen LogP contribution in [0.3, 0.4) is 0 Å². The highest BCUT2D eigenvalue weighted by Crippen LogP contribution is 2.35. The van der Waals surface area contributed by atoms with Crippen molar-refractivity contribution in [3.05, 3.63) is 0 Å². The molecule has 1 saturated carbocycles. The van der Waals surface area contributed by atoms with Gasteiger partial charge in [0.25, 0.3) is 0 Å². The molecular formula is C8H12O3S. The first-order valence-electron chi connectivity index (χ1n) is 4.01. The molecule has 12 heavy (non-hydrogen) atoms. The van der Waals surface area contributed by atoms with E-state index in [0.29, 0.717) is 0 Å². The van der Waals surface area contributed by atoms with Gasteiger partial charge in [0.05, 0.1) is 5.92 Å². The van der Waals surface area contributed by atoms with Crippen LogP contribution in [-0.4, -0.2) is 21.4 Å². The molecule has 1 fully saturated rings. The Balaban J connectivity index is 2.52. The third-order valence-electron chi connectivity index (χ3n) is 2.09. The Morgan fingerprint density at radius 3 is 2.58 bits per heavy atom. The van der Waals surface area contributed by atoms with Gasteiger partial charge in [-0.25, -0.2) is 0 Å². The average molecular weight is 188 g/mol. The molecule has 0 aliphatic heterocycles. The number of hydrogen-bond acceptors (Lipinski definition) is 3. The number of thioether (sulfide) groups is 1. The van der Waals surface area contributed by atoms with Crippen molar-refractivity contribution in [3.8, 4) is 0 Å². The van der Waals surface area contributed by atoms with E-state index in [9.17, 15) is 9.59 Å². The minimum atomic E-state index is -0.758. The molecule has 0 bridgehead atoms. The van der Waals surface area contributed by atoms with Crippen molar-refractivity contribution in [1.29, 1.82) is 0 Å². The smallest absolute Gasteiger partial charge is 0.307 e. The summed E-state index contributed by atoms with van der Waals surface area (Å²) >= 11 is 1.18. The second kappa shape index (κ2) is 3.94. The van der Waals surface area contributed by atoms with Crippen molar-refractivity contribution >= 4 is 22.8 Å². The first-order valence-corrected chi connectivity index (χ1v) is 4.89. The molecule has 0 aromatic rings. The van der Waals surface area contributed by atoms with Gasteiger partial charge in [-0.1, -0.05) is 18.2 Å². The second-order valence-electron chi connectivity index (χ2n) is 3.02. The normalized spacial score (nSPS) is 28.8. The zero-order valence-corrected chi connectivity index (χ0v) is 7.76. The second-order valence-corrected chi connectivity index (χ2v) is 4.44. The Hall–Kier alpha value is -0.510. The highest BCUT2D eigenvalue weighted by atomic mass is 32.2. The number of carbonyl (C=O) groups is 2. The summed E-state index contributed by atoms with van der Waals surface area (Å²) in [7, 11) is 0. The number of carbonyl (C=O) groups excluding carboxylic acids is 1. The molecule has 0 unspecified atom stereocenters. The van der Waals surface area contributed by atoms with E-state index in [0.717, 1.165) is 19.3 Å². The van der Waals surface area contributed by atoms with Crippen molar-refractivity contribution < 1.29 is 14.7 Å². The molecule has 4 heteroatoms. The summed E-state index contributed by atoms with van der Waals surface area (Å²) in [6.07, 6.45) is 2.52. The predicted molar refractivity (Wildman–Crippen MR) is 47.0 cm³/mol. The van der Waals surface area contributed by atoms with Gasteiger partial charge in [-0.3, -0.25) is 9.59 Å². The number of carboxylic acid groups (broad SMARTS) is 1. The quantitative estimate of drug-likeness (QED) is 0.713. The fraction of sp³-hybridized carbons (Fsp3) is 0.750. The molecule has 68 valence electrons. The zero-order valence-electron chi connectivity index (χ0n) is 6.95. The Kier molecular flexibility index (Phi) is 3.14. The van der Waals surface area contributed by atoms with Crippen molar-refractivity contribution in [2.45, 2.75) is 31.4 Å². The number of rotatable bonds is 2. The third kappa shape index (κ3) is 2.24. The lowest BCUT2D eigenvalue weighted by Gasteiger charge is -2.12. The molecule has 2 atom stereocenters. The maximum atomic E-state index is 10.7. The molecule has 1 aliphatic rings.